The van der Waals surface area contributed by atoms with E-state index < -0.39 is 24.3 Å². The molecule has 0 N–H and O–H groups in total. The largest absolute Gasteiger partial charge is 0.545 e. The fourth-order valence-electron chi connectivity index (χ4n) is 8.88. The maximum absolute atomic E-state index is 12.9. The van der Waals surface area contributed by atoms with Crippen LogP contribution >= 0.6 is 0 Å². The van der Waals surface area contributed by atoms with Crippen LogP contribution in [0.1, 0.15) is 245 Å². The zero-order valence-corrected chi connectivity index (χ0v) is 57.0. The molecule has 0 radical (unpaired) electrons. The van der Waals surface area contributed by atoms with Gasteiger partial charge in [0, 0.05) is 12.8 Å². The first-order valence-electron chi connectivity index (χ1n) is 34.9. The zero-order valence-electron chi connectivity index (χ0n) is 57.0. The van der Waals surface area contributed by atoms with E-state index in [0.717, 1.165) is 154 Å². The second-order valence-corrected chi connectivity index (χ2v) is 23.7. The van der Waals surface area contributed by atoms with E-state index >= 15 is 0 Å². The van der Waals surface area contributed by atoms with Gasteiger partial charge in [-0.05, 0) is 135 Å². The van der Waals surface area contributed by atoms with E-state index in [1.807, 2.05) is 21.1 Å². The van der Waals surface area contributed by atoms with Crippen molar-refractivity contribution in [2.24, 2.45) is 0 Å². The molecule has 2 atom stereocenters. The quantitative estimate of drug-likeness (QED) is 0.0195. The summed E-state index contributed by atoms with van der Waals surface area (Å²) in [7, 11) is 5.91. The molecule has 9 nitrogen and oxygen atoms in total. The van der Waals surface area contributed by atoms with Crippen molar-refractivity contribution in [1.29, 1.82) is 0 Å². The number of allylic oxidation sites excluding steroid dienone is 30. The summed E-state index contributed by atoms with van der Waals surface area (Å²) in [5.74, 6) is -2.32. The van der Waals surface area contributed by atoms with Gasteiger partial charge in [0.1, 0.15) is 13.2 Å². The number of nitrogens with zero attached hydrogens (tertiary/aromatic N) is 1. The van der Waals surface area contributed by atoms with E-state index in [1.54, 1.807) is 0 Å². The number of rotatable bonds is 62. The summed E-state index contributed by atoms with van der Waals surface area (Å²) >= 11 is 0. The normalized spacial score (nSPS) is 13.9. The molecule has 9 heteroatoms. The Kier molecular flexibility index (Phi) is 64.0. The Morgan fingerprint density at radius 3 is 0.899 bits per heavy atom. The zero-order chi connectivity index (χ0) is 64.7. The summed E-state index contributed by atoms with van der Waals surface area (Å²) in [5.41, 5.74) is 0. The number of aliphatic carboxylic acids is 1. The van der Waals surface area contributed by atoms with Crippen molar-refractivity contribution in [3.63, 3.8) is 0 Å². The van der Waals surface area contributed by atoms with E-state index in [4.69, 9.17) is 18.9 Å². The molecule has 0 aliphatic carbocycles. The summed E-state index contributed by atoms with van der Waals surface area (Å²) in [4.78, 5) is 37.5. The highest BCUT2D eigenvalue weighted by Gasteiger charge is 2.22. The van der Waals surface area contributed by atoms with Gasteiger partial charge in [0.15, 0.2) is 12.4 Å². The van der Waals surface area contributed by atoms with Crippen molar-refractivity contribution in [1.82, 2.24) is 0 Å². The maximum atomic E-state index is 12.9. The topological polar surface area (TPSA) is 111 Å². The van der Waals surface area contributed by atoms with Crippen LogP contribution in [0.15, 0.2) is 182 Å². The first-order chi connectivity index (χ1) is 43.6. The highest BCUT2D eigenvalue weighted by molar-refractivity contribution is 5.70. The van der Waals surface area contributed by atoms with Crippen LogP contribution < -0.4 is 5.11 Å². The van der Waals surface area contributed by atoms with Gasteiger partial charge < -0.3 is 33.3 Å². The number of hydrogen-bond acceptors (Lipinski definition) is 8. The van der Waals surface area contributed by atoms with E-state index in [1.165, 1.54) is 57.8 Å². The van der Waals surface area contributed by atoms with E-state index in [9.17, 15) is 19.5 Å². The van der Waals surface area contributed by atoms with Crippen LogP contribution in [0, 0.1) is 0 Å². The number of likely N-dealkylation sites (N-methyl/N-ethyl adjacent to an activating group) is 1. The third-order valence-corrected chi connectivity index (χ3v) is 14.1. The number of carbonyl (C=O) groups is 3. The molecule has 0 spiro atoms. The maximum Gasteiger partial charge on any atom is 0.306 e. The van der Waals surface area contributed by atoms with Crippen LogP contribution in [0.5, 0.6) is 0 Å². The molecule has 0 aliphatic rings. The molecule has 0 amide bonds. The highest BCUT2D eigenvalue weighted by atomic mass is 16.7. The van der Waals surface area contributed by atoms with Crippen molar-refractivity contribution in [2.45, 2.75) is 257 Å². The van der Waals surface area contributed by atoms with Gasteiger partial charge in [-0.25, -0.2) is 0 Å². The van der Waals surface area contributed by atoms with Gasteiger partial charge in [-0.3, -0.25) is 9.59 Å². The van der Waals surface area contributed by atoms with Crippen LogP contribution in [-0.2, 0) is 33.3 Å². The second-order valence-electron chi connectivity index (χ2n) is 23.7. The van der Waals surface area contributed by atoms with Gasteiger partial charge in [-0.2, -0.15) is 0 Å². The number of hydrogen-bond donors (Lipinski definition) is 0. The molecule has 0 aliphatic heterocycles. The molecule has 0 rings (SSSR count). The summed E-state index contributed by atoms with van der Waals surface area (Å²) in [6, 6.07) is 0. The minimum atomic E-state index is -1.64. The fraction of sp³-hybridized carbons (Fsp3) is 0.588. The Bertz CT molecular complexity index is 2120. The van der Waals surface area contributed by atoms with Crippen LogP contribution in [0.2, 0.25) is 0 Å². The number of carbonyl (C=O) groups excluding carboxylic acids is 3. The van der Waals surface area contributed by atoms with E-state index in [2.05, 4.69) is 196 Å². The molecule has 0 aromatic rings. The molecular weight excluding hydrogens is 1100 g/mol. The van der Waals surface area contributed by atoms with Gasteiger partial charge in [0.05, 0.1) is 40.3 Å². The number of esters is 2. The van der Waals surface area contributed by atoms with Crippen molar-refractivity contribution in [3.05, 3.63) is 182 Å². The van der Waals surface area contributed by atoms with Gasteiger partial charge >= 0.3 is 11.9 Å². The number of quaternary nitrogens is 1. The molecule has 0 aromatic carbocycles. The summed E-state index contributed by atoms with van der Waals surface area (Å²) in [6.45, 7) is 4.49. The number of carboxylic acid groups (broad SMARTS) is 1. The predicted octanol–water partition coefficient (Wildman–Crippen LogP) is 20.7. The van der Waals surface area contributed by atoms with Gasteiger partial charge in [0.25, 0.3) is 0 Å². The standard InChI is InChI=1S/C80H127NO8/c1-6-8-10-12-14-16-18-20-22-24-26-28-30-32-33-34-35-36-37-38-39-40-41-42-43-44-45-47-49-51-53-55-57-59-61-63-65-67-69-71-78(83)89-76(75-88-80(79(84)85)86-73-72-81(3,4)5)74-87-77(82)70-68-66-64-62-60-58-56-54-52-50-48-46-31-29-27-25-23-21-19-17-15-13-11-9-7-2/h8-11,14-17,20-23,26-29,32-33,35-36,38-39,41-42,44-46,48-49,51,76,80H,6-7,12-13,18-19,24-25,30-31,34,37,40,43,47,50,52-75H2,1-5H3/b10-8-,11-9-,16-14-,17-15-,22-20-,23-21-,28-26-,29-27-,33-32-,36-35-,39-38-,42-41-,45-44-,48-46-,51-49-. The Balaban J connectivity index is 4.22. The Morgan fingerprint density at radius 1 is 0.337 bits per heavy atom. The second kappa shape index (κ2) is 68.3. The molecule has 89 heavy (non-hydrogen) atoms. The molecule has 0 fully saturated rings. The molecule has 0 saturated carbocycles. The molecule has 0 bridgehead atoms. The third-order valence-electron chi connectivity index (χ3n) is 14.1. The summed E-state index contributed by atoms with van der Waals surface area (Å²) in [5, 5.41) is 11.8. The lowest BCUT2D eigenvalue weighted by Crippen LogP contribution is -2.44. The molecule has 2 unspecified atom stereocenters. The van der Waals surface area contributed by atoms with E-state index in [0.29, 0.717) is 17.4 Å². The van der Waals surface area contributed by atoms with Crippen LogP contribution in [0.3, 0.4) is 0 Å². The first-order valence-corrected chi connectivity index (χ1v) is 34.9. The van der Waals surface area contributed by atoms with E-state index in [-0.39, 0.29) is 38.6 Å². The summed E-state index contributed by atoms with van der Waals surface area (Å²) < 4.78 is 22.8. The van der Waals surface area contributed by atoms with Gasteiger partial charge in [-0.1, -0.05) is 280 Å². The van der Waals surface area contributed by atoms with Crippen molar-refractivity contribution < 1.29 is 42.9 Å². The third kappa shape index (κ3) is 69.7. The fourth-order valence-corrected chi connectivity index (χ4v) is 8.88. The SMILES string of the molecule is CC/C=C\C/C=C\C/C=C\C/C=C\C/C=C\C/C=C\C/C=C\C/C=C\C/C=C\C/C=C\CCCCCCCCCCC(=O)OC(COC(=O)CCCCCCCCCCC/C=C\C/C=C\C/C=C\C/C=C\C/C=C\CC)COC(OCC[N+](C)(C)C)C(=O)[O-]. The number of unbranched alkanes of at least 4 members (excludes halogenated alkanes) is 17. The molecule has 0 saturated heterocycles. The van der Waals surface area contributed by atoms with Crippen molar-refractivity contribution in [2.75, 3.05) is 47.5 Å². The van der Waals surface area contributed by atoms with Crippen molar-refractivity contribution in [3.8, 4) is 0 Å². The average Bonchev–Trinajstić information content (AvgIpc) is 3.64. The monoisotopic (exact) mass is 1230 g/mol. The van der Waals surface area contributed by atoms with Crippen LogP contribution in [-0.4, -0.2) is 82.3 Å². The molecular formula is C80H127NO8. The Morgan fingerprint density at radius 2 is 0.607 bits per heavy atom. The lowest BCUT2D eigenvalue weighted by atomic mass is 10.1. The smallest absolute Gasteiger partial charge is 0.306 e. The Labute approximate surface area is 545 Å². The predicted molar refractivity (Wildman–Crippen MR) is 379 cm³/mol. The Hall–Kier alpha value is -5.61. The van der Waals surface area contributed by atoms with Crippen molar-refractivity contribution >= 4 is 17.9 Å². The highest BCUT2D eigenvalue weighted by Crippen LogP contribution is 2.15. The lowest BCUT2D eigenvalue weighted by Gasteiger charge is -2.26. The summed E-state index contributed by atoms with van der Waals surface area (Å²) in [6.07, 6.45) is 101. The van der Waals surface area contributed by atoms with Crippen LogP contribution in [0.25, 0.3) is 0 Å². The van der Waals surface area contributed by atoms with Gasteiger partial charge in [0.2, 0.25) is 0 Å². The molecule has 0 heterocycles. The van der Waals surface area contributed by atoms with Gasteiger partial charge in [-0.15, -0.1) is 0 Å². The first kappa shape index (κ1) is 83.4. The van der Waals surface area contributed by atoms with Crippen LogP contribution in [0.4, 0.5) is 0 Å². The average molecular weight is 1230 g/mol. The molecule has 0 aromatic heterocycles. The minimum absolute atomic E-state index is 0.135. The lowest BCUT2D eigenvalue weighted by molar-refractivity contribution is -0.870. The molecule has 500 valence electrons. The number of carboxylic acids is 1. The number of ether oxygens (including phenoxy) is 4. The minimum Gasteiger partial charge on any atom is -0.545 e.